The second kappa shape index (κ2) is 5.53. The van der Waals surface area contributed by atoms with Crippen molar-refractivity contribution in [3.63, 3.8) is 0 Å². The Kier molecular flexibility index (Phi) is 3.73. The smallest absolute Gasteiger partial charge is 0.124 e. The van der Waals surface area contributed by atoms with Gasteiger partial charge in [-0.1, -0.05) is 48.5 Å². The van der Waals surface area contributed by atoms with Gasteiger partial charge in [-0.3, -0.25) is 0 Å². The third-order valence-electron chi connectivity index (χ3n) is 4.13. The third-order valence-corrected chi connectivity index (χ3v) is 4.13. The van der Waals surface area contributed by atoms with Crippen molar-refractivity contribution in [2.24, 2.45) is 0 Å². The molecule has 2 nitrogen and oxygen atoms in total. The molecule has 0 spiro atoms. The van der Waals surface area contributed by atoms with Crippen molar-refractivity contribution in [2.45, 2.75) is 44.9 Å². The van der Waals surface area contributed by atoms with Crippen LogP contribution in [-0.4, -0.2) is 5.60 Å². The van der Waals surface area contributed by atoms with E-state index in [1.165, 1.54) is 11.1 Å². The van der Waals surface area contributed by atoms with Gasteiger partial charge in [0.2, 0.25) is 0 Å². The maximum absolute atomic E-state index is 6.10. The van der Waals surface area contributed by atoms with E-state index in [-0.39, 0.29) is 5.60 Å². The summed E-state index contributed by atoms with van der Waals surface area (Å²) < 4.78 is 6.10. The molecule has 0 saturated carbocycles. The molecule has 1 heterocycles. The predicted molar refractivity (Wildman–Crippen MR) is 86.5 cm³/mol. The van der Waals surface area contributed by atoms with Gasteiger partial charge in [0.25, 0.3) is 0 Å². The van der Waals surface area contributed by atoms with Crippen LogP contribution in [0.5, 0.6) is 5.75 Å². The summed E-state index contributed by atoms with van der Waals surface area (Å²) in [5.74, 6) is 1.01. The number of ether oxygens (including phenoxy) is 1. The molecule has 2 atom stereocenters. The maximum atomic E-state index is 6.10. The molecule has 110 valence electrons. The lowest BCUT2D eigenvalue weighted by molar-refractivity contribution is 0.0640. The molecule has 2 aromatic rings. The van der Waals surface area contributed by atoms with E-state index in [0.29, 0.717) is 12.1 Å². The second-order valence-electron chi connectivity index (χ2n) is 6.46. The minimum absolute atomic E-state index is 0.136. The van der Waals surface area contributed by atoms with Crippen LogP contribution in [0.2, 0.25) is 0 Å². The van der Waals surface area contributed by atoms with Gasteiger partial charge in [-0.25, -0.2) is 0 Å². The predicted octanol–water partition coefficient (Wildman–Crippen LogP) is 4.64. The lowest BCUT2D eigenvalue weighted by Gasteiger charge is -2.39. The van der Waals surface area contributed by atoms with Crippen molar-refractivity contribution in [1.29, 1.82) is 0 Å². The molecular weight excluding hydrogens is 258 g/mol. The Balaban J connectivity index is 1.85. The molecular formula is C19H23NO. The van der Waals surface area contributed by atoms with Gasteiger partial charge in [0.15, 0.2) is 0 Å². The van der Waals surface area contributed by atoms with Crippen LogP contribution >= 0.6 is 0 Å². The minimum Gasteiger partial charge on any atom is -0.487 e. The molecule has 0 aliphatic carbocycles. The maximum Gasteiger partial charge on any atom is 0.124 e. The Morgan fingerprint density at radius 3 is 2.48 bits per heavy atom. The van der Waals surface area contributed by atoms with Gasteiger partial charge in [0.1, 0.15) is 11.4 Å². The Morgan fingerprint density at radius 1 is 1.05 bits per heavy atom. The summed E-state index contributed by atoms with van der Waals surface area (Å²) in [5, 5.41) is 3.77. The number of para-hydroxylation sites is 1. The van der Waals surface area contributed by atoms with Crippen LogP contribution in [0.4, 0.5) is 0 Å². The summed E-state index contributed by atoms with van der Waals surface area (Å²) in [4.78, 5) is 0. The molecule has 2 aromatic carbocycles. The van der Waals surface area contributed by atoms with E-state index in [1.54, 1.807) is 0 Å². The summed E-state index contributed by atoms with van der Waals surface area (Å²) in [6.07, 6.45) is 0.973. The highest BCUT2D eigenvalue weighted by Gasteiger charge is 2.33. The number of benzene rings is 2. The van der Waals surface area contributed by atoms with Crippen molar-refractivity contribution in [3.8, 4) is 5.75 Å². The molecule has 0 amide bonds. The number of hydrogen-bond acceptors (Lipinski definition) is 2. The molecule has 2 unspecified atom stereocenters. The molecule has 0 aromatic heterocycles. The standard InChI is InChI=1S/C19H23NO/c1-14(15-9-5-4-6-10-15)20-17-13-19(2,3)21-18-12-8-7-11-16(17)18/h4-12,14,17,20H,13H2,1-3H3. The first kappa shape index (κ1) is 14.2. The highest BCUT2D eigenvalue weighted by atomic mass is 16.5. The van der Waals surface area contributed by atoms with Crippen molar-refractivity contribution < 1.29 is 4.74 Å². The Hall–Kier alpha value is -1.80. The van der Waals surface area contributed by atoms with E-state index in [9.17, 15) is 0 Å². The number of nitrogens with one attached hydrogen (secondary N) is 1. The van der Waals surface area contributed by atoms with Crippen LogP contribution in [0.15, 0.2) is 54.6 Å². The summed E-state index contributed by atoms with van der Waals surface area (Å²) in [6.45, 7) is 6.54. The fraction of sp³-hybridized carbons (Fsp3) is 0.368. The monoisotopic (exact) mass is 281 g/mol. The SMILES string of the molecule is CC(NC1CC(C)(C)Oc2ccccc21)c1ccccc1. The first-order chi connectivity index (χ1) is 10.1. The molecule has 1 aliphatic rings. The summed E-state index contributed by atoms with van der Waals surface area (Å²) >= 11 is 0. The van der Waals surface area contributed by atoms with E-state index in [0.717, 1.165) is 12.2 Å². The topological polar surface area (TPSA) is 21.3 Å². The average molecular weight is 281 g/mol. The molecule has 0 bridgehead atoms. The van der Waals surface area contributed by atoms with Crippen LogP contribution < -0.4 is 10.1 Å². The first-order valence-electron chi connectivity index (χ1n) is 7.64. The van der Waals surface area contributed by atoms with Crippen molar-refractivity contribution >= 4 is 0 Å². The summed E-state index contributed by atoms with van der Waals surface area (Å²) in [6, 6.07) is 19.6. The van der Waals surface area contributed by atoms with Gasteiger partial charge in [0, 0.05) is 24.1 Å². The van der Waals surface area contributed by atoms with E-state index < -0.39 is 0 Å². The van der Waals surface area contributed by atoms with Crippen LogP contribution in [0.3, 0.4) is 0 Å². The van der Waals surface area contributed by atoms with Gasteiger partial charge < -0.3 is 10.1 Å². The van der Waals surface area contributed by atoms with E-state index in [1.807, 2.05) is 6.07 Å². The molecule has 1 aliphatic heterocycles. The Bertz CT molecular complexity index is 606. The molecule has 0 radical (unpaired) electrons. The Labute approximate surface area is 127 Å². The van der Waals surface area contributed by atoms with Crippen molar-refractivity contribution in [3.05, 3.63) is 65.7 Å². The van der Waals surface area contributed by atoms with Crippen LogP contribution in [0.25, 0.3) is 0 Å². The zero-order valence-electron chi connectivity index (χ0n) is 13.0. The zero-order chi connectivity index (χ0) is 14.9. The normalized spacial score (nSPS) is 21.2. The van der Waals surface area contributed by atoms with Crippen LogP contribution in [0, 0.1) is 0 Å². The number of rotatable bonds is 3. The second-order valence-corrected chi connectivity index (χ2v) is 6.46. The van der Waals surface area contributed by atoms with Gasteiger partial charge in [-0.05, 0) is 32.4 Å². The van der Waals surface area contributed by atoms with E-state index >= 15 is 0 Å². The van der Waals surface area contributed by atoms with E-state index in [4.69, 9.17) is 4.74 Å². The molecule has 0 fully saturated rings. The van der Waals surface area contributed by atoms with Gasteiger partial charge in [0.05, 0.1) is 0 Å². The van der Waals surface area contributed by atoms with E-state index in [2.05, 4.69) is 74.6 Å². The molecule has 1 N–H and O–H groups in total. The van der Waals surface area contributed by atoms with Gasteiger partial charge >= 0.3 is 0 Å². The molecule has 3 rings (SSSR count). The fourth-order valence-corrected chi connectivity index (χ4v) is 3.09. The van der Waals surface area contributed by atoms with Crippen LogP contribution in [-0.2, 0) is 0 Å². The largest absolute Gasteiger partial charge is 0.487 e. The van der Waals surface area contributed by atoms with Gasteiger partial charge in [-0.2, -0.15) is 0 Å². The number of hydrogen-bond donors (Lipinski definition) is 1. The third kappa shape index (κ3) is 3.11. The summed E-state index contributed by atoms with van der Waals surface area (Å²) in [5.41, 5.74) is 2.45. The number of fused-ring (bicyclic) bond motifs is 1. The van der Waals surface area contributed by atoms with Crippen molar-refractivity contribution in [2.75, 3.05) is 0 Å². The average Bonchev–Trinajstić information content (AvgIpc) is 2.47. The highest BCUT2D eigenvalue weighted by molar-refractivity contribution is 5.39. The fourth-order valence-electron chi connectivity index (χ4n) is 3.09. The zero-order valence-corrected chi connectivity index (χ0v) is 13.0. The quantitative estimate of drug-likeness (QED) is 0.885. The van der Waals surface area contributed by atoms with Crippen LogP contribution in [0.1, 0.15) is 50.4 Å². The minimum atomic E-state index is -0.136. The molecule has 21 heavy (non-hydrogen) atoms. The molecule has 0 saturated heterocycles. The Morgan fingerprint density at radius 2 is 1.71 bits per heavy atom. The van der Waals surface area contributed by atoms with Gasteiger partial charge in [-0.15, -0.1) is 0 Å². The highest BCUT2D eigenvalue weighted by Crippen LogP contribution is 2.40. The van der Waals surface area contributed by atoms with Crippen molar-refractivity contribution in [1.82, 2.24) is 5.32 Å². The molecule has 2 heteroatoms. The summed E-state index contributed by atoms with van der Waals surface area (Å²) in [7, 11) is 0. The lowest BCUT2D eigenvalue weighted by atomic mass is 9.89. The first-order valence-corrected chi connectivity index (χ1v) is 7.64. The lowest BCUT2D eigenvalue weighted by Crippen LogP contribution is -2.40.